The number of hydrogen-bond donors (Lipinski definition) is 1. The molecule has 1 saturated heterocycles. The number of carbonyl (C=O) groups is 2. The molecule has 0 atom stereocenters. The van der Waals surface area contributed by atoms with Crippen LogP contribution in [-0.4, -0.2) is 23.3 Å². The van der Waals surface area contributed by atoms with Crippen LogP contribution in [0.2, 0.25) is 0 Å². The molecule has 1 N–H and O–H groups in total. The summed E-state index contributed by atoms with van der Waals surface area (Å²) < 4.78 is 0. The molecule has 1 heterocycles. The molecular weight excluding hydrogens is 288 g/mol. The lowest BCUT2D eigenvalue weighted by Gasteiger charge is -2.16. The van der Waals surface area contributed by atoms with Crippen molar-refractivity contribution in [3.63, 3.8) is 0 Å². The van der Waals surface area contributed by atoms with Gasteiger partial charge in [0, 0.05) is 31.6 Å². The Morgan fingerprint density at radius 2 is 2.04 bits per heavy atom. The van der Waals surface area contributed by atoms with Gasteiger partial charge in [-0.05, 0) is 36.5 Å². The summed E-state index contributed by atoms with van der Waals surface area (Å²) in [5.74, 6) is 1.08. The fourth-order valence-electron chi connectivity index (χ4n) is 3.70. The minimum atomic E-state index is 0.103. The number of benzene rings is 1. The first-order valence-electron chi connectivity index (χ1n) is 8.87. The van der Waals surface area contributed by atoms with E-state index in [9.17, 15) is 9.59 Å². The van der Waals surface area contributed by atoms with Gasteiger partial charge in [-0.1, -0.05) is 37.8 Å². The van der Waals surface area contributed by atoms with Gasteiger partial charge in [-0.15, -0.1) is 0 Å². The van der Waals surface area contributed by atoms with E-state index in [-0.39, 0.29) is 11.8 Å². The van der Waals surface area contributed by atoms with E-state index >= 15 is 0 Å². The minimum absolute atomic E-state index is 0.103. The van der Waals surface area contributed by atoms with Crippen LogP contribution in [0.25, 0.3) is 0 Å². The van der Waals surface area contributed by atoms with Crippen LogP contribution in [0.5, 0.6) is 0 Å². The lowest BCUT2D eigenvalue weighted by atomic mass is 10.0. The molecule has 2 fully saturated rings. The summed E-state index contributed by atoms with van der Waals surface area (Å²) in [6, 6.07) is 7.87. The van der Waals surface area contributed by atoms with E-state index in [4.69, 9.17) is 0 Å². The molecule has 4 nitrogen and oxygen atoms in total. The molecule has 0 bridgehead atoms. The summed E-state index contributed by atoms with van der Waals surface area (Å²) in [6.45, 7) is 1.49. The Hall–Kier alpha value is -1.84. The van der Waals surface area contributed by atoms with Gasteiger partial charge in [0.05, 0.1) is 0 Å². The first kappa shape index (κ1) is 16.0. The fourth-order valence-corrected chi connectivity index (χ4v) is 3.70. The number of likely N-dealkylation sites (tertiary alicyclic amines) is 1. The highest BCUT2D eigenvalue weighted by Gasteiger charge is 2.20. The van der Waals surface area contributed by atoms with Gasteiger partial charge in [0.2, 0.25) is 11.8 Å². The van der Waals surface area contributed by atoms with E-state index in [0.717, 1.165) is 36.6 Å². The van der Waals surface area contributed by atoms with Crippen LogP contribution in [0.15, 0.2) is 24.3 Å². The third kappa shape index (κ3) is 4.57. The number of hydrogen-bond acceptors (Lipinski definition) is 2. The Labute approximate surface area is 138 Å². The largest absolute Gasteiger partial charge is 0.338 e. The van der Waals surface area contributed by atoms with Crippen molar-refractivity contribution in [1.29, 1.82) is 0 Å². The number of nitrogens with one attached hydrogen (secondary N) is 1. The average molecular weight is 314 g/mol. The first-order valence-corrected chi connectivity index (χ1v) is 8.87. The van der Waals surface area contributed by atoms with Gasteiger partial charge < -0.3 is 10.2 Å². The van der Waals surface area contributed by atoms with Crippen molar-refractivity contribution in [2.24, 2.45) is 5.92 Å². The van der Waals surface area contributed by atoms with Gasteiger partial charge in [0.15, 0.2) is 0 Å². The monoisotopic (exact) mass is 314 g/mol. The van der Waals surface area contributed by atoms with Crippen LogP contribution in [-0.2, 0) is 16.1 Å². The van der Waals surface area contributed by atoms with Crippen LogP contribution in [0, 0.1) is 5.92 Å². The van der Waals surface area contributed by atoms with E-state index in [1.807, 2.05) is 29.2 Å². The van der Waals surface area contributed by atoms with Gasteiger partial charge in [0.1, 0.15) is 0 Å². The molecule has 1 aromatic carbocycles. The van der Waals surface area contributed by atoms with E-state index in [2.05, 4.69) is 5.32 Å². The number of nitrogens with zero attached hydrogens (tertiary/aromatic N) is 1. The molecule has 4 heteroatoms. The molecule has 0 unspecified atom stereocenters. The van der Waals surface area contributed by atoms with Crippen LogP contribution in [0.1, 0.15) is 56.9 Å². The Kier molecular flexibility index (Phi) is 5.31. The van der Waals surface area contributed by atoms with Crippen LogP contribution in [0.4, 0.5) is 5.69 Å². The number of amides is 2. The second-order valence-corrected chi connectivity index (χ2v) is 6.86. The topological polar surface area (TPSA) is 49.4 Å². The summed E-state index contributed by atoms with van der Waals surface area (Å²) in [4.78, 5) is 25.7. The Bertz CT molecular complexity index is 564. The highest BCUT2D eigenvalue weighted by Crippen LogP contribution is 2.28. The van der Waals surface area contributed by atoms with Crippen molar-refractivity contribution in [3.8, 4) is 0 Å². The van der Waals surface area contributed by atoms with Crippen molar-refractivity contribution in [1.82, 2.24) is 4.90 Å². The summed E-state index contributed by atoms with van der Waals surface area (Å²) in [6.07, 6.45) is 8.45. The van der Waals surface area contributed by atoms with E-state index in [1.54, 1.807) is 0 Å². The van der Waals surface area contributed by atoms with Crippen LogP contribution < -0.4 is 5.32 Å². The predicted molar refractivity (Wildman–Crippen MR) is 90.9 cm³/mol. The van der Waals surface area contributed by atoms with Gasteiger partial charge in [-0.3, -0.25) is 9.59 Å². The Balaban J connectivity index is 1.50. The molecule has 0 spiro atoms. The number of rotatable bonds is 6. The smallest absolute Gasteiger partial charge is 0.224 e. The van der Waals surface area contributed by atoms with Gasteiger partial charge in [-0.25, -0.2) is 0 Å². The first-order chi connectivity index (χ1) is 11.2. The molecule has 124 valence electrons. The minimum Gasteiger partial charge on any atom is -0.338 e. The third-order valence-corrected chi connectivity index (χ3v) is 5.01. The zero-order valence-corrected chi connectivity index (χ0v) is 13.7. The summed E-state index contributed by atoms with van der Waals surface area (Å²) in [5, 5.41) is 3.00. The van der Waals surface area contributed by atoms with Crippen molar-refractivity contribution < 1.29 is 9.59 Å². The lowest BCUT2D eigenvalue weighted by Crippen LogP contribution is -2.23. The zero-order chi connectivity index (χ0) is 16.1. The molecule has 1 aliphatic carbocycles. The maximum Gasteiger partial charge on any atom is 0.224 e. The molecule has 2 aliphatic rings. The lowest BCUT2D eigenvalue weighted by molar-refractivity contribution is -0.128. The molecule has 0 radical (unpaired) electrons. The van der Waals surface area contributed by atoms with Crippen molar-refractivity contribution >= 4 is 17.5 Å². The van der Waals surface area contributed by atoms with E-state index in [0.29, 0.717) is 19.4 Å². The maximum atomic E-state index is 12.1. The second kappa shape index (κ2) is 7.62. The SMILES string of the molecule is O=C(CCC1CCCC1)Nc1cccc(CN2CCCC2=O)c1. The van der Waals surface area contributed by atoms with Crippen LogP contribution in [0.3, 0.4) is 0 Å². The predicted octanol–water partition coefficient (Wildman–Crippen LogP) is 3.72. The normalized spacial score (nSPS) is 18.6. The fraction of sp³-hybridized carbons (Fsp3) is 0.579. The second-order valence-electron chi connectivity index (χ2n) is 6.86. The zero-order valence-electron chi connectivity index (χ0n) is 13.7. The Morgan fingerprint density at radius 1 is 1.22 bits per heavy atom. The third-order valence-electron chi connectivity index (χ3n) is 5.01. The average Bonchev–Trinajstić information content (AvgIpc) is 3.18. The number of carbonyl (C=O) groups excluding carboxylic acids is 2. The molecule has 1 aliphatic heterocycles. The van der Waals surface area contributed by atoms with Crippen molar-refractivity contribution in [2.45, 2.75) is 57.9 Å². The summed E-state index contributed by atoms with van der Waals surface area (Å²) >= 11 is 0. The molecule has 1 aromatic rings. The Morgan fingerprint density at radius 3 is 2.78 bits per heavy atom. The highest BCUT2D eigenvalue weighted by molar-refractivity contribution is 5.90. The standard InChI is InChI=1S/C19H26N2O2/c22-18(11-10-15-5-1-2-6-15)20-17-8-3-7-16(13-17)14-21-12-4-9-19(21)23/h3,7-8,13,15H,1-2,4-6,9-12,14H2,(H,20,22). The summed E-state index contributed by atoms with van der Waals surface area (Å²) in [5.41, 5.74) is 1.92. The molecule has 0 aromatic heterocycles. The molecule has 1 saturated carbocycles. The molecule has 23 heavy (non-hydrogen) atoms. The van der Waals surface area contributed by atoms with Gasteiger partial charge in [-0.2, -0.15) is 0 Å². The quantitative estimate of drug-likeness (QED) is 0.870. The molecule has 3 rings (SSSR count). The summed E-state index contributed by atoms with van der Waals surface area (Å²) in [7, 11) is 0. The van der Waals surface area contributed by atoms with Gasteiger partial charge in [0.25, 0.3) is 0 Å². The highest BCUT2D eigenvalue weighted by atomic mass is 16.2. The maximum absolute atomic E-state index is 12.1. The number of anilines is 1. The van der Waals surface area contributed by atoms with Crippen LogP contribution >= 0.6 is 0 Å². The van der Waals surface area contributed by atoms with E-state index in [1.165, 1.54) is 25.7 Å². The molecule has 2 amide bonds. The molecular formula is C19H26N2O2. The van der Waals surface area contributed by atoms with Gasteiger partial charge >= 0.3 is 0 Å². The van der Waals surface area contributed by atoms with Crippen molar-refractivity contribution in [2.75, 3.05) is 11.9 Å². The van der Waals surface area contributed by atoms with E-state index < -0.39 is 0 Å². The van der Waals surface area contributed by atoms with Crippen molar-refractivity contribution in [3.05, 3.63) is 29.8 Å².